The van der Waals surface area contributed by atoms with Crippen molar-refractivity contribution in [2.45, 2.75) is 6.92 Å². The fraction of sp³-hybridized carbons (Fsp3) is 0.263. The molecular weight excluding hydrogens is 346 g/mol. The van der Waals surface area contributed by atoms with Gasteiger partial charge in [-0.25, -0.2) is 4.98 Å². The largest absolute Gasteiger partial charge is 0.368 e. The summed E-state index contributed by atoms with van der Waals surface area (Å²) >= 11 is 1.42. The van der Waals surface area contributed by atoms with Crippen molar-refractivity contribution in [1.82, 2.24) is 19.9 Å². The summed E-state index contributed by atoms with van der Waals surface area (Å²) in [6.07, 6.45) is 4.91. The van der Waals surface area contributed by atoms with Crippen molar-refractivity contribution in [3.8, 4) is 10.7 Å². The average molecular weight is 365 g/mol. The molecule has 1 amide bonds. The van der Waals surface area contributed by atoms with E-state index in [0.29, 0.717) is 24.5 Å². The minimum Gasteiger partial charge on any atom is -0.368 e. The molecular formula is C19H19N5OS. The molecule has 3 heterocycles. The van der Waals surface area contributed by atoms with Crippen molar-refractivity contribution >= 4 is 22.9 Å². The second kappa shape index (κ2) is 7.21. The average Bonchev–Trinajstić information content (AvgIpc) is 3.18. The van der Waals surface area contributed by atoms with Crippen LogP contribution in [0.4, 0.5) is 5.69 Å². The predicted octanol–water partition coefficient (Wildman–Crippen LogP) is 2.87. The van der Waals surface area contributed by atoms with Gasteiger partial charge in [0.05, 0.1) is 6.20 Å². The highest BCUT2D eigenvalue weighted by molar-refractivity contribution is 7.13. The van der Waals surface area contributed by atoms with Crippen molar-refractivity contribution in [3.05, 3.63) is 59.5 Å². The van der Waals surface area contributed by atoms with Gasteiger partial charge >= 0.3 is 0 Å². The van der Waals surface area contributed by atoms with Crippen molar-refractivity contribution in [2.24, 2.45) is 0 Å². The van der Waals surface area contributed by atoms with E-state index in [2.05, 4.69) is 51.0 Å². The van der Waals surface area contributed by atoms with Crippen LogP contribution in [0.5, 0.6) is 0 Å². The molecule has 1 fully saturated rings. The van der Waals surface area contributed by atoms with E-state index in [-0.39, 0.29) is 5.91 Å². The minimum absolute atomic E-state index is 0.0136. The fourth-order valence-corrected chi connectivity index (χ4v) is 3.81. The number of hydrogen-bond donors (Lipinski definition) is 0. The molecule has 0 radical (unpaired) electrons. The van der Waals surface area contributed by atoms with E-state index < -0.39 is 0 Å². The topological polar surface area (TPSA) is 62.2 Å². The van der Waals surface area contributed by atoms with Crippen LogP contribution in [0.25, 0.3) is 10.7 Å². The van der Waals surface area contributed by atoms with E-state index in [1.165, 1.54) is 22.6 Å². The second-order valence-corrected chi connectivity index (χ2v) is 7.10. The van der Waals surface area contributed by atoms with E-state index in [4.69, 9.17) is 0 Å². The third-order valence-corrected chi connectivity index (χ3v) is 5.30. The van der Waals surface area contributed by atoms with Gasteiger partial charge in [0, 0.05) is 49.6 Å². The van der Waals surface area contributed by atoms with Gasteiger partial charge in [-0.1, -0.05) is 12.1 Å². The maximum atomic E-state index is 12.8. The number of benzene rings is 1. The Hall–Kier alpha value is -2.80. The second-order valence-electron chi connectivity index (χ2n) is 6.25. The van der Waals surface area contributed by atoms with Crippen molar-refractivity contribution in [2.75, 3.05) is 31.1 Å². The lowest BCUT2D eigenvalue weighted by molar-refractivity contribution is 0.0742. The van der Waals surface area contributed by atoms with Gasteiger partial charge < -0.3 is 9.80 Å². The van der Waals surface area contributed by atoms with Gasteiger partial charge in [-0.05, 0) is 24.6 Å². The number of hydrogen-bond acceptors (Lipinski definition) is 6. The van der Waals surface area contributed by atoms with E-state index >= 15 is 0 Å². The summed E-state index contributed by atoms with van der Waals surface area (Å²) in [5.74, 6) is -0.0136. The van der Waals surface area contributed by atoms with Crippen LogP contribution in [-0.2, 0) is 0 Å². The van der Waals surface area contributed by atoms with Gasteiger partial charge in [-0.2, -0.15) is 0 Å². The van der Waals surface area contributed by atoms with Crippen LogP contribution in [0, 0.1) is 6.92 Å². The molecule has 4 rings (SSSR count). The number of amides is 1. The Morgan fingerprint density at radius 3 is 2.73 bits per heavy atom. The summed E-state index contributed by atoms with van der Waals surface area (Å²) in [6.45, 7) is 5.16. The van der Waals surface area contributed by atoms with Crippen LogP contribution in [-0.4, -0.2) is 51.9 Å². The van der Waals surface area contributed by atoms with E-state index in [0.717, 1.165) is 18.1 Å². The number of carbonyl (C=O) groups excluding carboxylic acids is 1. The molecule has 0 unspecified atom stereocenters. The predicted molar refractivity (Wildman–Crippen MR) is 102 cm³/mol. The molecule has 0 atom stereocenters. The lowest BCUT2D eigenvalue weighted by Gasteiger charge is -2.36. The normalized spacial score (nSPS) is 14.5. The SMILES string of the molecule is Cc1cccc(N2CCN(C(=O)c3csc(-c4cnccn4)n3)CC2)c1. The Balaban J connectivity index is 1.42. The first-order chi connectivity index (χ1) is 12.7. The summed E-state index contributed by atoms with van der Waals surface area (Å²) in [7, 11) is 0. The zero-order valence-electron chi connectivity index (χ0n) is 14.5. The highest BCUT2D eigenvalue weighted by Gasteiger charge is 2.24. The lowest BCUT2D eigenvalue weighted by Crippen LogP contribution is -2.48. The maximum absolute atomic E-state index is 12.8. The molecule has 1 saturated heterocycles. The lowest BCUT2D eigenvalue weighted by atomic mass is 10.2. The van der Waals surface area contributed by atoms with Crippen LogP contribution in [0.1, 0.15) is 16.1 Å². The van der Waals surface area contributed by atoms with E-state index in [9.17, 15) is 4.79 Å². The Morgan fingerprint density at radius 2 is 2.00 bits per heavy atom. The zero-order valence-corrected chi connectivity index (χ0v) is 15.3. The highest BCUT2D eigenvalue weighted by Crippen LogP contribution is 2.23. The third kappa shape index (κ3) is 3.43. The van der Waals surface area contributed by atoms with Crippen molar-refractivity contribution in [3.63, 3.8) is 0 Å². The summed E-state index contributed by atoms with van der Waals surface area (Å²) in [5, 5.41) is 2.53. The van der Waals surface area contributed by atoms with Gasteiger partial charge in [0.2, 0.25) is 0 Å². The molecule has 6 nitrogen and oxygen atoms in total. The van der Waals surface area contributed by atoms with Crippen LogP contribution in [0.15, 0.2) is 48.2 Å². The van der Waals surface area contributed by atoms with Crippen molar-refractivity contribution in [1.29, 1.82) is 0 Å². The fourth-order valence-electron chi connectivity index (χ4n) is 3.05. The number of piperazine rings is 1. The molecule has 7 heteroatoms. The van der Waals surface area contributed by atoms with Crippen LogP contribution < -0.4 is 4.90 Å². The zero-order chi connectivity index (χ0) is 17.9. The first-order valence-corrected chi connectivity index (χ1v) is 9.41. The Bertz CT molecular complexity index is 903. The van der Waals surface area contributed by atoms with E-state index in [1.54, 1.807) is 24.0 Å². The quantitative estimate of drug-likeness (QED) is 0.714. The molecule has 1 aliphatic rings. The first-order valence-electron chi connectivity index (χ1n) is 8.53. The number of aromatic nitrogens is 3. The Morgan fingerprint density at radius 1 is 1.15 bits per heavy atom. The van der Waals surface area contributed by atoms with Gasteiger partial charge in [0.15, 0.2) is 0 Å². The first kappa shape index (κ1) is 16.7. The standard InChI is InChI=1S/C19H19N5OS/c1-14-3-2-4-15(11-14)23-7-9-24(10-8-23)19(25)17-13-26-18(22-17)16-12-20-5-6-21-16/h2-6,11-13H,7-10H2,1H3. The molecule has 1 aliphatic heterocycles. The van der Waals surface area contributed by atoms with Crippen LogP contribution >= 0.6 is 11.3 Å². The molecule has 1 aromatic carbocycles. The van der Waals surface area contributed by atoms with Crippen LogP contribution in [0.2, 0.25) is 0 Å². The minimum atomic E-state index is -0.0136. The number of anilines is 1. The van der Waals surface area contributed by atoms with Gasteiger partial charge in [-0.15, -0.1) is 11.3 Å². The number of carbonyl (C=O) groups is 1. The monoisotopic (exact) mass is 365 g/mol. The molecule has 0 bridgehead atoms. The molecule has 0 spiro atoms. The molecule has 3 aromatic rings. The third-order valence-electron chi connectivity index (χ3n) is 4.44. The van der Waals surface area contributed by atoms with Gasteiger partial charge in [0.1, 0.15) is 16.4 Å². The molecule has 0 saturated carbocycles. The summed E-state index contributed by atoms with van der Waals surface area (Å²) in [5.41, 5.74) is 3.65. The number of aryl methyl sites for hydroxylation is 1. The summed E-state index contributed by atoms with van der Waals surface area (Å²) in [6, 6.07) is 8.48. The molecule has 26 heavy (non-hydrogen) atoms. The highest BCUT2D eigenvalue weighted by atomic mass is 32.1. The number of nitrogens with zero attached hydrogens (tertiary/aromatic N) is 5. The van der Waals surface area contributed by atoms with Gasteiger partial charge in [-0.3, -0.25) is 14.8 Å². The Labute approximate surface area is 156 Å². The summed E-state index contributed by atoms with van der Waals surface area (Å²) < 4.78 is 0. The van der Waals surface area contributed by atoms with E-state index in [1.807, 2.05) is 4.90 Å². The van der Waals surface area contributed by atoms with Crippen LogP contribution in [0.3, 0.4) is 0 Å². The molecule has 0 N–H and O–H groups in total. The number of thiazole rings is 1. The number of rotatable bonds is 3. The maximum Gasteiger partial charge on any atom is 0.273 e. The molecule has 132 valence electrons. The van der Waals surface area contributed by atoms with Crippen molar-refractivity contribution < 1.29 is 4.79 Å². The Kier molecular flexibility index (Phi) is 4.62. The summed E-state index contributed by atoms with van der Waals surface area (Å²) in [4.78, 5) is 29.7. The van der Waals surface area contributed by atoms with Gasteiger partial charge in [0.25, 0.3) is 5.91 Å². The molecule has 2 aromatic heterocycles. The molecule has 0 aliphatic carbocycles. The smallest absolute Gasteiger partial charge is 0.273 e.